The van der Waals surface area contributed by atoms with Gasteiger partial charge in [0.1, 0.15) is 0 Å². The highest BCUT2D eigenvalue weighted by Crippen LogP contribution is 2.10. The third kappa shape index (κ3) is 4.40. The quantitative estimate of drug-likeness (QED) is 0.794. The molecule has 0 unspecified atom stereocenters. The Bertz CT molecular complexity index is 503. The third-order valence-electron chi connectivity index (χ3n) is 2.16. The first kappa shape index (κ1) is 13.4. The largest absolute Gasteiger partial charge is 0.352 e. The Balaban J connectivity index is 2.69. The van der Waals surface area contributed by atoms with E-state index in [2.05, 4.69) is 11.9 Å². The van der Waals surface area contributed by atoms with Crippen molar-refractivity contribution in [3.8, 4) is 0 Å². The predicted molar refractivity (Wildman–Crippen MR) is 66.5 cm³/mol. The van der Waals surface area contributed by atoms with Gasteiger partial charge in [0.25, 0.3) is 0 Å². The molecule has 0 aliphatic rings. The summed E-state index contributed by atoms with van der Waals surface area (Å²) in [6.45, 7) is 3.93. The number of hydrogen-bond donors (Lipinski definition) is 1. The maximum absolute atomic E-state index is 11.4. The summed E-state index contributed by atoms with van der Waals surface area (Å²) in [4.78, 5) is 11.6. The second kappa shape index (κ2) is 5.63. The van der Waals surface area contributed by atoms with Gasteiger partial charge in [-0.3, -0.25) is 4.79 Å². The van der Waals surface area contributed by atoms with E-state index < -0.39 is 9.84 Å². The first-order chi connectivity index (χ1) is 7.93. The van der Waals surface area contributed by atoms with E-state index in [1.807, 2.05) is 0 Å². The molecule has 5 heteroatoms. The molecule has 0 heterocycles. The van der Waals surface area contributed by atoms with Gasteiger partial charge in [0.15, 0.2) is 9.84 Å². The highest BCUT2D eigenvalue weighted by atomic mass is 32.2. The second-order valence-electron chi connectivity index (χ2n) is 3.69. The van der Waals surface area contributed by atoms with Gasteiger partial charge >= 0.3 is 0 Å². The summed E-state index contributed by atoms with van der Waals surface area (Å²) in [6.07, 6.45) is 2.99. The molecule has 17 heavy (non-hydrogen) atoms. The van der Waals surface area contributed by atoms with Crippen LogP contribution < -0.4 is 5.32 Å². The summed E-state index contributed by atoms with van der Waals surface area (Å²) in [5.74, 6) is -0.114. The average Bonchev–Trinajstić information content (AvgIpc) is 2.26. The van der Waals surface area contributed by atoms with Crippen molar-refractivity contribution in [3.05, 3.63) is 42.5 Å². The number of amides is 1. The van der Waals surface area contributed by atoms with Gasteiger partial charge in [-0.2, -0.15) is 0 Å². The lowest BCUT2D eigenvalue weighted by Gasteiger charge is -2.03. The first-order valence-electron chi connectivity index (χ1n) is 5.10. The third-order valence-corrected chi connectivity index (χ3v) is 3.29. The van der Waals surface area contributed by atoms with E-state index in [9.17, 15) is 13.2 Å². The Morgan fingerprint density at radius 2 is 1.94 bits per heavy atom. The monoisotopic (exact) mass is 253 g/mol. The molecule has 1 aromatic rings. The van der Waals surface area contributed by atoms with Crippen molar-refractivity contribution in [1.82, 2.24) is 5.32 Å². The topological polar surface area (TPSA) is 63.2 Å². The zero-order valence-electron chi connectivity index (χ0n) is 9.64. The van der Waals surface area contributed by atoms with Crippen molar-refractivity contribution < 1.29 is 13.2 Å². The van der Waals surface area contributed by atoms with E-state index in [-0.39, 0.29) is 17.2 Å². The van der Waals surface area contributed by atoms with E-state index in [1.54, 1.807) is 18.2 Å². The minimum atomic E-state index is -3.18. The van der Waals surface area contributed by atoms with Crippen molar-refractivity contribution in [1.29, 1.82) is 0 Å². The fourth-order valence-electron chi connectivity index (χ4n) is 1.29. The van der Waals surface area contributed by atoms with Crippen LogP contribution >= 0.6 is 0 Å². The Labute approximate surface area is 101 Å². The van der Waals surface area contributed by atoms with Crippen LogP contribution in [0.15, 0.2) is 41.8 Å². The molecule has 0 atom stereocenters. The molecule has 0 saturated carbocycles. The zero-order chi connectivity index (χ0) is 12.9. The summed E-state index contributed by atoms with van der Waals surface area (Å²) >= 11 is 0. The lowest BCUT2D eigenvalue weighted by molar-refractivity contribution is -0.120. The van der Waals surface area contributed by atoms with E-state index in [4.69, 9.17) is 0 Å². The molecule has 1 aromatic carbocycles. The van der Waals surface area contributed by atoms with Gasteiger partial charge in [-0.25, -0.2) is 8.42 Å². The number of sulfone groups is 1. The molecule has 0 aromatic heterocycles. The van der Waals surface area contributed by atoms with E-state index >= 15 is 0 Å². The molecule has 0 bridgehead atoms. The zero-order valence-corrected chi connectivity index (χ0v) is 10.5. The minimum Gasteiger partial charge on any atom is -0.352 e. The van der Waals surface area contributed by atoms with Crippen molar-refractivity contribution in [2.75, 3.05) is 12.8 Å². The number of benzene rings is 1. The summed E-state index contributed by atoms with van der Waals surface area (Å²) in [6, 6.07) is 6.30. The summed E-state index contributed by atoms with van der Waals surface area (Å²) in [7, 11) is -3.18. The molecule has 0 saturated heterocycles. The van der Waals surface area contributed by atoms with Gasteiger partial charge in [-0.05, 0) is 17.7 Å². The Kier molecular flexibility index (Phi) is 4.45. The van der Waals surface area contributed by atoms with Crippen molar-refractivity contribution in [2.24, 2.45) is 0 Å². The van der Waals surface area contributed by atoms with Crippen LogP contribution in [-0.4, -0.2) is 27.1 Å². The van der Waals surface area contributed by atoms with Crippen molar-refractivity contribution in [3.63, 3.8) is 0 Å². The molecule has 1 rings (SSSR count). The highest BCUT2D eigenvalue weighted by Gasteiger charge is 2.07. The molecule has 1 amide bonds. The first-order valence-corrected chi connectivity index (χ1v) is 6.99. The normalized spacial score (nSPS) is 10.9. The molecule has 1 N–H and O–H groups in total. The Morgan fingerprint density at radius 1 is 1.35 bits per heavy atom. The smallest absolute Gasteiger partial charge is 0.224 e. The average molecular weight is 253 g/mol. The maximum atomic E-state index is 11.4. The molecule has 0 fully saturated rings. The molecule has 0 aliphatic carbocycles. The van der Waals surface area contributed by atoms with Crippen LogP contribution in [0.1, 0.15) is 5.56 Å². The molecule has 0 radical (unpaired) electrons. The molecular weight excluding hydrogens is 238 g/mol. The van der Waals surface area contributed by atoms with Crippen LogP contribution in [0.2, 0.25) is 0 Å². The SMILES string of the molecule is C=CCNC(=O)Cc1ccc(S(C)(=O)=O)cc1. The van der Waals surface area contributed by atoms with Crippen LogP contribution in [0, 0.1) is 0 Å². The standard InChI is InChI=1S/C12H15NO3S/c1-3-8-13-12(14)9-10-4-6-11(7-5-10)17(2,15)16/h3-7H,1,8-9H2,2H3,(H,13,14). The van der Waals surface area contributed by atoms with Crippen LogP contribution in [-0.2, 0) is 21.1 Å². The summed E-state index contributed by atoms with van der Waals surface area (Å²) < 4.78 is 22.4. The Hall–Kier alpha value is -1.62. The number of rotatable bonds is 5. The van der Waals surface area contributed by atoms with Crippen LogP contribution in [0.4, 0.5) is 0 Å². The lowest BCUT2D eigenvalue weighted by atomic mass is 10.1. The van der Waals surface area contributed by atoms with Crippen LogP contribution in [0.3, 0.4) is 0 Å². The molecule has 92 valence electrons. The minimum absolute atomic E-state index is 0.114. The molecule has 0 spiro atoms. The van der Waals surface area contributed by atoms with Crippen molar-refractivity contribution >= 4 is 15.7 Å². The number of carbonyl (C=O) groups excluding carboxylic acids is 1. The van der Waals surface area contributed by atoms with E-state index in [0.29, 0.717) is 6.54 Å². The molecule has 4 nitrogen and oxygen atoms in total. The van der Waals surface area contributed by atoms with Crippen LogP contribution in [0.25, 0.3) is 0 Å². The molecule has 0 aliphatic heterocycles. The van der Waals surface area contributed by atoms with E-state index in [1.165, 1.54) is 12.1 Å². The second-order valence-corrected chi connectivity index (χ2v) is 5.70. The highest BCUT2D eigenvalue weighted by molar-refractivity contribution is 7.90. The van der Waals surface area contributed by atoms with Gasteiger partial charge < -0.3 is 5.32 Å². The predicted octanol–water partition coefficient (Wildman–Crippen LogP) is 0.935. The van der Waals surface area contributed by atoms with Gasteiger partial charge in [-0.1, -0.05) is 18.2 Å². The van der Waals surface area contributed by atoms with Gasteiger partial charge in [0, 0.05) is 12.8 Å². The van der Waals surface area contributed by atoms with Gasteiger partial charge in [0.2, 0.25) is 5.91 Å². The fourth-order valence-corrected chi connectivity index (χ4v) is 1.92. The van der Waals surface area contributed by atoms with Crippen LogP contribution in [0.5, 0.6) is 0 Å². The van der Waals surface area contributed by atoms with E-state index in [0.717, 1.165) is 11.8 Å². The van der Waals surface area contributed by atoms with Gasteiger partial charge in [0.05, 0.1) is 11.3 Å². The lowest BCUT2D eigenvalue weighted by Crippen LogP contribution is -2.24. The number of nitrogens with one attached hydrogen (secondary N) is 1. The number of hydrogen-bond acceptors (Lipinski definition) is 3. The van der Waals surface area contributed by atoms with Crippen molar-refractivity contribution in [2.45, 2.75) is 11.3 Å². The summed E-state index contributed by atoms with van der Waals surface area (Å²) in [5, 5.41) is 2.65. The maximum Gasteiger partial charge on any atom is 0.224 e. The van der Waals surface area contributed by atoms with Gasteiger partial charge in [-0.15, -0.1) is 6.58 Å². The Morgan fingerprint density at radius 3 is 2.41 bits per heavy atom. The molecular formula is C12H15NO3S. The number of carbonyl (C=O) groups is 1. The fraction of sp³-hybridized carbons (Fsp3) is 0.250. The summed E-state index contributed by atoms with van der Waals surface area (Å²) in [5.41, 5.74) is 0.777.